The molecule has 0 bridgehead atoms. The zero-order valence-corrected chi connectivity index (χ0v) is 11.8. The third kappa shape index (κ3) is 2.04. The molecule has 0 atom stereocenters. The lowest BCUT2D eigenvalue weighted by atomic mass is 10.1. The van der Waals surface area contributed by atoms with Gasteiger partial charge in [0.15, 0.2) is 5.78 Å². The molecule has 3 rings (SSSR count). The van der Waals surface area contributed by atoms with E-state index in [0.717, 1.165) is 11.6 Å². The van der Waals surface area contributed by atoms with Gasteiger partial charge in [-0.25, -0.2) is 0 Å². The lowest BCUT2D eigenvalue weighted by Crippen LogP contribution is -2.17. The number of nitrogens with zero attached hydrogens (tertiary/aromatic N) is 1. The monoisotopic (exact) mass is 269 g/mol. The van der Waals surface area contributed by atoms with E-state index in [4.69, 9.17) is 0 Å². The molecule has 1 aliphatic heterocycles. The van der Waals surface area contributed by atoms with Gasteiger partial charge in [0.2, 0.25) is 0 Å². The number of hydrogen-bond acceptors (Lipinski definition) is 3. The molecule has 96 valence electrons. The fourth-order valence-electron chi connectivity index (χ4n) is 2.44. The van der Waals surface area contributed by atoms with E-state index in [1.807, 2.05) is 0 Å². The molecule has 2 aromatic rings. The van der Waals surface area contributed by atoms with Crippen molar-refractivity contribution in [2.75, 3.05) is 11.4 Å². The Morgan fingerprint density at radius 3 is 2.79 bits per heavy atom. The highest BCUT2D eigenvalue weighted by molar-refractivity contribution is 8.04. The van der Waals surface area contributed by atoms with Crippen LogP contribution in [0.3, 0.4) is 0 Å². The molecule has 0 aliphatic carbocycles. The van der Waals surface area contributed by atoms with E-state index in [2.05, 4.69) is 48.2 Å². The van der Waals surface area contributed by atoms with Crippen molar-refractivity contribution in [3.05, 3.63) is 47.5 Å². The van der Waals surface area contributed by atoms with Crippen LogP contribution in [0.15, 0.2) is 52.4 Å². The molecular weight excluding hydrogens is 254 g/mol. The van der Waals surface area contributed by atoms with Crippen LogP contribution in [-0.2, 0) is 4.79 Å². The van der Waals surface area contributed by atoms with Crippen molar-refractivity contribution in [2.45, 2.75) is 18.7 Å². The minimum Gasteiger partial charge on any atom is -0.335 e. The molecule has 0 N–H and O–H groups in total. The first kappa shape index (κ1) is 12.3. The van der Waals surface area contributed by atoms with Crippen LogP contribution in [0.4, 0.5) is 5.69 Å². The molecule has 0 fully saturated rings. The van der Waals surface area contributed by atoms with Gasteiger partial charge in [-0.1, -0.05) is 42.1 Å². The SMILES string of the molecule is CCN1C(=CC(C)=O)Sc2c1ccc1ccccc21. The van der Waals surface area contributed by atoms with Crippen LogP contribution >= 0.6 is 11.8 Å². The third-order valence-corrected chi connectivity index (χ3v) is 4.45. The molecule has 0 radical (unpaired) electrons. The molecule has 0 spiro atoms. The second-order valence-electron chi connectivity index (χ2n) is 4.57. The molecule has 1 aliphatic rings. The summed E-state index contributed by atoms with van der Waals surface area (Å²) in [5.41, 5.74) is 1.21. The highest BCUT2D eigenvalue weighted by Crippen LogP contribution is 2.49. The zero-order valence-electron chi connectivity index (χ0n) is 11.0. The van der Waals surface area contributed by atoms with Crippen molar-refractivity contribution in [3.8, 4) is 0 Å². The summed E-state index contributed by atoms with van der Waals surface area (Å²) < 4.78 is 0. The van der Waals surface area contributed by atoms with Crippen LogP contribution in [0.5, 0.6) is 0 Å². The van der Waals surface area contributed by atoms with E-state index >= 15 is 0 Å². The summed E-state index contributed by atoms with van der Waals surface area (Å²) in [4.78, 5) is 14.8. The smallest absolute Gasteiger partial charge is 0.155 e. The van der Waals surface area contributed by atoms with Gasteiger partial charge >= 0.3 is 0 Å². The molecular formula is C16H15NOS. The molecule has 2 nitrogen and oxygen atoms in total. The molecule has 0 aromatic heterocycles. The number of carbonyl (C=O) groups excluding carboxylic acids is 1. The van der Waals surface area contributed by atoms with E-state index in [1.165, 1.54) is 21.4 Å². The number of ketones is 1. The average Bonchev–Trinajstić information content (AvgIpc) is 2.75. The normalized spacial score (nSPS) is 16.1. The Balaban J connectivity index is 2.20. The minimum absolute atomic E-state index is 0.0954. The minimum atomic E-state index is 0.0954. The van der Waals surface area contributed by atoms with E-state index in [0.29, 0.717) is 0 Å². The fraction of sp³-hybridized carbons (Fsp3) is 0.188. The van der Waals surface area contributed by atoms with Crippen LogP contribution in [-0.4, -0.2) is 12.3 Å². The molecule has 2 aromatic carbocycles. The average molecular weight is 269 g/mol. The van der Waals surface area contributed by atoms with Gasteiger partial charge < -0.3 is 4.90 Å². The molecule has 19 heavy (non-hydrogen) atoms. The van der Waals surface area contributed by atoms with E-state index in [9.17, 15) is 4.79 Å². The quantitative estimate of drug-likeness (QED) is 0.762. The number of rotatable bonds is 2. The summed E-state index contributed by atoms with van der Waals surface area (Å²) in [5, 5.41) is 3.53. The van der Waals surface area contributed by atoms with Gasteiger partial charge in [0, 0.05) is 17.5 Å². The summed E-state index contributed by atoms with van der Waals surface area (Å²) in [7, 11) is 0. The maximum Gasteiger partial charge on any atom is 0.155 e. The van der Waals surface area contributed by atoms with Crippen molar-refractivity contribution in [3.63, 3.8) is 0 Å². The number of thioether (sulfide) groups is 1. The lowest BCUT2D eigenvalue weighted by molar-refractivity contribution is -0.112. The standard InChI is InChI=1S/C16H15NOS/c1-3-17-14-9-8-12-6-4-5-7-13(12)16(14)19-15(17)10-11(2)18/h4-10H,3H2,1-2H3. The van der Waals surface area contributed by atoms with Gasteiger partial charge in [0.1, 0.15) is 0 Å². The predicted octanol–water partition coefficient (Wildman–Crippen LogP) is 4.20. The maximum atomic E-state index is 11.4. The Bertz CT molecular complexity index is 690. The number of anilines is 1. The zero-order chi connectivity index (χ0) is 13.4. The Morgan fingerprint density at radius 1 is 1.26 bits per heavy atom. The number of carbonyl (C=O) groups is 1. The highest BCUT2D eigenvalue weighted by atomic mass is 32.2. The number of hydrogen-bond donors (Lipinski definition) is 0. The Kier molecular flexibility index (Phi) is 3.07. The molecule has 0 saturated heterocycles. The number of allylic oxidation sites excluding steroid dienone is 1. The van der Waals surface area contributed by atoms with Crippen molar-refractivity contribution >= 4 is 34.0 Å². The van der Waals surface area contributed by atoms with E-state index in [-0.39, 0.29) is 5.78 Å². The molecule has 3 heteroatoms. The third-order valence-electron chi connectivity index (χ3n) is 3.27. The fourth-order valence-corrected chi connectivity index (χ4v) is 3.79. The summed E-state index contributed by atoms with van der Waals surface area (Å²) >= 11 is 1.69. The topological polar surface area (TPSA) is 20.3 Å². The summed E-state index contributed by atoms with van der Waals surface area (Å²) in [6.45, 7) is 4.58. The second kappa shape index (κ2) is 4.74. The number of fused-ring (bicyclic) bond motifs is 3. The van der Waals surface area contributed by atoms with Gasteiger partial charge in [0.05, 0.1) is 10.7 Å². The molecule has 1 heterocycles. The second-order valence-corrected chi connectivity index (χ2v) is 5.61. The summed E-state index contributed by atoms with van der Waals surface area (Å²) in [6.07, 6.45) is 1.73. The Hall–Kier alpha value is -1.74. The van der Waals surface area contributed by atoms with E-state index < -0.39 is 0 Å². The summed E-state index contributed by atoms with van der Waals surface area (Å²) in [6, 6.07) is 12.7. The van der Waals surface area contributed by atoms with Crippen LogP contribution in [0.2, 0.25) is 0 Å². The largest absolute Gasteiger partial charge is 0.335 e. The first-order valence-electron chi connectivity index (χ1n) is 6.40. The maximum absolute atomic E-state index is 11.4. The van der Waals surface area contributed by atoms with Gasteiger partial charge in [-0.15, -0.1) is 0 Å². The first-order chi connectivity index (χ1) is 9.20. The van der Waals surface area contributed by atoms with Crippen LogP contribution in [0.1, 0.15) is 13.8 Å². The van der Waals surface area contributed by atoms with E-state index in [1.54, 1.807) is 24.8 Å². The van der Waals surface area contributed by atoms with Gasteiger partial charge in [0.25, 0.3) is 0 Å². The predicted molar refractivity (Wildman–Crippen MR) is 81.6 cm³/mol. The molecule has 0 amide bonds. The van der Waals surface area contributed by atoms with Crippen molar-refractivity contribution in [1.82, 2.24) is 0 Å². The highest BCUT2D eigenvalue weighted by Gasteiger charge is 2.25. The van der Waals surface area contributed by atoms with Crippen molar-refractivity contribution in [2.24, 2.45) is 0 Å². The van der Waals surface area contributed by atoms with Gasteiger partial charge in [-0.2, -0.15) is 0 Å². The van der Waals surface area contributed by atoms with Gasteiger partial charge in [-0.05, 0) is 30.7 Å². The van der Waals surface area contributed by atoms with Crippen molar-refractivity contribution in [1.29, 1.82) is 0 Å². The van der Waals surface area contributed by atoms with Crippen molar-refractivity contribution < 1.29 is 4.79 Å². The summed E-state index contributed by atoms with van der Waals surface area (Å²) in [5.74, 6) is 0.0954. The Labute approximate surface area is 117 Å². The lowest BCUT2D eigenvalue weighted by Gasteiger charge is -2.17. The first-order valence-corrected chi connectivity index (χ1v) is 7.21. The Morgan fingerprint density at radius 2 is 2.05 bits per heavy atom. The number of benzene rings is 2. The molecule has 0 unspecified atom stereocenters. The van der Waals surface area contributed by atoms with Crippen LogP contribution in [0, 0.1) is 0 Å². The molecule has 0 saturated carbocycles. The van der Waals surface area contributed by atoms with Crippen LogP contribution in [0.25, 0.3) is 10.8 Å². The van der Waals surface area contributed by atoms with Gasteiger partial charge in [-0.3, -0.25) is 4.79 Å². The van der Waals surface area contributed by atoms with Crippen LogP contribution < -0.4 is 4.90 Å².